The Morgan fingerprint density at radius 3 is 3.00 bits per heavy atom. The average molecular weight is 224 g/mol. The van der Waals surface area contributed by atoms with Crippen molar-refractivity contribution >= 4 is 0 Å². The summed E-state index contributed by atoms with van der Waals surface area (Å²) in [5, 5.41) is 3.97. The van der Waals surface area contributed by atoms with Crippen LogP contribution >= 0.6 is 0 Å². The molecule has 0 amide bonds. The molecule has 1 aliphatic heterocycles. The molecule has 1 saturated heterocycles. The summed E-state index contributed by atoms with van der Waals surface area (Å²) >= 11 is 0. The first-order chi connectivity index (χ1) is 7.69. The molecule has 2 heterocycles. The Hall–Kier alpha value is -0.940. The molecule has 1 aromatic heterocycles. The number of aromatic nitrogens is 2. The third-order valence-electron chi connectivity index (χ3n) is 3.16. The van der Waals surface area contributed by atoms with Crippen molar-refractivity contribution in [1.29, 1.82) is 0 Å². The standard InChI is InChI=1S/C11H20N4O/c1-3-15-5-4-9(7-15)6-10-13-11(8(2)12)16-14-10/h8-9H,3-7,12H2,1-2H3. The topological polar surface area (TPSA) is 68.2 Å². The lowest BCUT2D eigenvalue weighted by Gasteiger charge is -2.11. The van der Waals surface area contributed by atoms with Gasteiger partial charge in [0.15, 0.2) is 5.82 Å². The summed E-state index contributed by atoms with van der Waals surface area (Å²) in [5.74, 6) is 2.01. The minimum absolute atomic E-state index is 0.169. The third-order valence-corrected chi connectivity index (χ3v) is 3.16. The molecule has 2 unspecified atom stereocenters. The Balaban J connectivity index is 1.89. The molecule has 2 N–H and O–H groups in total. The molecule has 0 aliphatic carbocycles. The van der Waals surface area contributed by atoms with Crippen LogP contribution in [0.3, 0.4) is 0 Å². The average Bonchev–Trinajstić information content (AvgIpc) is 2.87. The highest BCUT2D eigenvalue weighted by atomic mass is 16.5. The zero-order chi connectivity index (χ0) is 11.5. The molecule has 0 radical (unpaired) electrons. The lowest BCUT2D eigenvalue weighted by atomic mass is 10.1. The van der Waals surface area contributed by atoms with E-state index in [0.717, 1.165) is 25.3 Å². The van der Waals surface area contributed by atoms with E-state index in [1.54, 1.807) is 0 Å². The maximum absolute atomic E-state index is 5.67. The van der Waals surface area contributed by atoms with Gasteiger partial charge < -0.3 is 15.2 Å². The molecule has 90 valence electrons. The molecular weight excluding hydrogens is 204 g/mol. The summed E-state index contributed by atoms with van der Waals surface area (Å²) in [6.07, 6.45) is 2.14. The van der Waals surface area contributed by atoms with Crippen LogP contribution in [0.25, 0.3) is 0 Å². The third kappa shape index (κ3) is 2.59. The molecule has 0 aromatic carbocycles. The van der Waals surface area contributed by atoms with Crippen molar-refractivity contribution in [3.63, 3.8) is 0 Å². The normalized spacial score (nSPS) is 23.8. The second-order valence-electron chi connectivity index (χ2n) is 4.59. The van der Waals surface area contributed by atoms with Crippen LogP contribution < -0.4 is 5.73 Å². The molecule has 0 spiro atoms. The molecule has 1 aliphatic rings. The quantitative estimate of drug-likeness (QED) is 0.825. The fourth-order valence-corrected chi connectivity index (χ4v) is 2.16. The van der Waals surface area contributed by atoms with Gasteiger partial charge in [-0.1, -0.05) is 12.1 Å². The number of nitrogens with two attached hydrogens (primary N) is 1. The molecule has 0 saturated carbocycles. The fourth-order valence-electron chi connectivity index (χ4n) is 2.16. The minimum Gasteiger partial charge on any atom is -0.338 e. The Morgan fingerprint density at radius 2 is 2.44 bits per heavy atom. The van der Waals surface area contributed by atoms with Gasteiger partial charge in [-0.25, -0.2) is 0 Å². The second kappa shape index (κ2) is 4.93. The summed E-state index contributed by atoms with van der Waals surface area (Å²) in [4.78, 5) is 6.76. The van der Waals surface area contributed by atoms with Gasteiger partial charge in [-0.15, -0.1) is 0 Å². The zero-order valence-corrected chi connectivity index (χ0v) is 10.0. The van der Waals surface area contributed by atoms with E-state index in [1.807, 2.05) is 6.92 Å². The number of likely N-dealkylation sites (tertiary alicyclic amines) is 1. The Kier molecular flexibility index (Phi) is 3.56. The van der Waals surface area contributed by atoms with E-state index < -0.39 is 0 Å². The first-order valence-corrected chi connectivity index (χ1v) is 5.99. The van der Waals surface area contributed by atoms with Crippen molar-refractivity contribution in [2.45, 2.75) is 32.7 Å². The van der Waals surface area contributed by atoms with Crippen LogP contribution in [-0.4, -0.2) is 34.7 Å². The predicted molar refractivity (Wildman–Crippen MR) is 60.8 cm³/mol. The van der Waals surface area contributed by atoms with Gasteiger partial charge in [0, 0.05) is 13.0 Å². The van der Waals surface area contributed by atoms with Crippen LogP contribution in [0, 0.1) is 5.92 Å². The maximum atomic E-state index is 5.67. The SMILES string of the molecule is CCN1CCC(Cc2noc(C(C)N)n2)C1. The van der Waals surface area contributed by atoms with Crippen LogP contribution in [0.15, 0.2) is 4.52 Å². The Labute approximate surface area is 96.0 Å². The van der Waals surface area contributed by atoms with Gasteiger partial charge in [0.1, 0.15) is 0 Å². The van der Waals surface area contributed by atoms with Gasteiger partial charge in [0.25, 0.3) is 0 Å². The van der Waals surface area contributed by atoms with E-state index in [2.05, 4.69) is 22.0 Å². The highest BCUT2D eigenvalue weighted by Gasteiger charge is 2.23. The predicted octanol–water partition coefficient (Wildman–Crippen LogP) is 0.974. The molecular formula is C11H20N4O. The van der Waals surface area contributed by atoms with Crippen LogP contribution in [-0.2, 0) is 6.42 Å². The van der Waals surface area contributed by atoms with Crippen molar-refractivity contribution < 1.29 is 4.52 Å². The lowest BCUT2D eigenvalue weighted by Crippen LogP contribution is -2.20. The number of hydrogen-bond donors (Lipinski definition) is 1. The van der Waals surface area contributed by atoms with Crippen LogP contribution in [0.2, 0.25) is 0 Å². The van der Waals surface area contributed by atoms with E-state index in [-0.39, 0.29) is 6.04 Å². The van der Waals surface area contributed by atoms with Gasteiger partial charge >= 0.3 is 0 Å². The number of rotatable bonds is 4. The molecule has 1 aromatic rings. The first kappa shape index (κ1) is 11.5. The van der Waals surface area contributed by atoms with Gasteiger partial charge in [-0.3, -0.25) is 0 Å². The number of hydrogen-bond acceptors (Lipinski definition) is 5. The van der Waals surface area contributed by atoms with E-state index >= 15 is 0 Å². The van der Waals surface area contributed by atoms with E-state index in [4.69, 9.17) is 10.3 Å². The molecule has 5 nitrogen and oxygen atoms in total. The highest BCUT2D eigenvalue weighted by molar-refractivity contribution is 4.93. The molecule has 5 heteroatoms. The first-order valence-electron chi connectivity index (χ1n) is 5.99. The lowest BCUT2D eigenvalue weighted by molar-refractivity contribution is 0.336. The van der Waals surface area contributed by atoms with Gasteiger partial charge in [-0.2, -0.15) is 4.98 Å². The Bertz CT molecular complexity index is 336. The van der Waals surface area contributed by atoms with Crippen LogP contribution in [0.4, 0.5) is 0 Å². The smallest absolute Gasteiger partial charge is 0.243 e. The summed E-state index contributed by atoms with van der Waals surface area (Å²) in [5.41, 5.74) is 5.67. The van der Waals surface area contributed by atoms with Gasteiger partial charge in [-0.05, 0) is 32.4 Å². The maximum Gasteiger partial charge on any atom is 0.243 e. The molecule has 1 fully saturated rings. The van der Waals surface area contributed by atoms with E-state index in [9.17, 15) is 0 Å². The monoisotopic (exact) mass is 224 g/mol. The summed E-state index contributed by atoms with van der Waals surface area (Å²) < 4.78 is 5.09. The second-order valence-corrected chi connectivity index (χ2v) is 4.59. The van der Waals surface area contributed by atoms with E-state index in [0.29, 0.717) is 11.8 Å². The van der Waals surface area contributed by atoms with Crippen molar-refractivity contribution in [1.82, 2.24) is 15.0 Å². The van der Waals surface area contributed by atoms with Crippen molar-refractivity contribution in [3.05, 3.63) is 11.7 Å². The van der Waals surface area contributed by atoms with Gasteiger partial charge in [0.05, 0.1) is 6.04 Å². The zero-order valence-electron chi connectivity index (χ0n) is 10.0. The molecule has 0 bridgehead atoms. The van der Waals surface area contributed by atoms with Crippen molar-refractivity contribution in [2.24, 2.45) is 11.7 Å². The largest absolute Gasteiger partial charge is 0.338 e. The van der Waals surface area contributed by atoms with Crippen LogP contribution in [0.5, 0.6) is 0 Å². The molecule has 2 atom stereocenters. The van der Waals surface area contributed by atoms with Crippen molar-refractivity contribution in [3.8, 4) is 0 Å². The summed E-state index contributed by atoms with van der Waals surface area (Å²) in [6, 6.07) is -0.169. The summed E-state index contributed by atoms with van der Waals surface area (Å²) in [6.45, 7) is 7.53. The van der Waals surface area contributed by atoms with Gasteiger partial charge in [0.2, 0.25) is 5.89 Å². The van der Waals surface area contributed by atoms with Crippen LogP contribution in [0.1, 0.15) is 38.0 Å². The molecule has 2 rings (SSSR count). The van der Waals surface area contributed by atoms with Crippen molar-refractivity contribution in [2.75, 3.05) is 19.6 Å². The summed E-state index contributed by atoms with van der Waals surface area (Å²) in [7, 11) is 0. The van der Waals surface area contributed by atoms with E-state index in [1.165, 1.54) is 13.0 Å². The minimum atomic E-state index is -0.169. The fraction of sp³-hybridized carbons (Fsp3) is 0.818. The number of nitrogens with zero attached hydrogens (tertiary/aromatic N) is 3. The Morgan fingerprint density at radius 1 is 1.62 bits per heavy atom. The highest BCUT2D eigenvalue weighted by Crippen LogP contribution is 2.19. The molecule has 16 heavy (non-hydrogen) atoms.